The minimum absolute atomic E-state index is 0.123. The average molecular weight is 297 g/mol. The van der Waals surface area contributed by atoms with Crippen LogP contribution in [0.15, 0.2) is 28.7 Å². The van der Waals surface area contributed by atoms with Gasteiger partial charge in [-0.15, -0.1) is 0 Å². The van der Waals surface area contributed by atoms with E-state index in [4.69, 9.17) is 0 Å². The van der Waals surface area contributed by atoms with Crippen LogP contribution in [-0.4, -0.2) is 30.9 Å². The summed E-state index contributed by atoms with van der Waals surface area (Å²) in [6.07, 6.45) is 2.10. The molecule has 92 valence electrons. The Bertz CT molecular complexity index is 391. The zero-order valence-electron chi connectivity index (χ0n) is 9.95. The van der Waals surface area contributed by atoms with Gasteiger partial charge in [0.1, 0.15) is 0 Å². The third-order valence-corrected chi connectivity index (χ3v) is 3.64. The van der Waals surface area contributed by atoms with Gasteiger partial charge in [0.15, 0.2) is 0 Å². The van der Waals surface area contributed by atoms with E-state index in [2.05, 4.69) is 33.2 Å². The molecular weight excluding hydrogens is 280 g/mol. The first kappa shape index (κ1) is 12.6. The molecule has 17 heavy (non-hydrogen) atoms. The summed E-state index contributed by atoms with van der Waals surface area (Å²) >= 11 is 3.38. The number of rotatable bonds is 2. The molecule has 3 nitrogen and oxygen atoms in total. The van der Waals surface area contributed by atoms with Crippen molar-refractivity contribution in [1.82, 2.24) is 4.90 Å². The third kappa shape index (κ3) is 3.54. The Labute approximate surface area is 110 Å². The molecule has 0 radical (unpaired) electrons. The first-order valence-corrected chi connectivity index (χ1v) is 6.69. The van der Waals surface area contributed by atoms with Gasteiger partial charge in [-0.25, -0.2) is 0 Å². The highest BCUT2D eigenvalue weighted by Crippen LogP contribution is 2.19. The minimum Gasteiger partial charge on any atom is -0.326 e. The lowest BCUT2D eigenvalue weighted by molar-refractivity contribution is -0.121. The van der Waals surface area contributed by atoms with Crippen LogP contribution in [0.4, 0.5) is 5.69 Å². The number of nitrogens with one attached hydrogen (secondary N) is 1. The molecule has 1 N–H and O–H groups in total. The molecule has 0 saturated carbocycles. The van der Waals surface area contributed by atoms with Crippen LogP contribution in [0.3, 0.4) is 0 Å². The Morgan fingerprint density at radius 3 is 2.76 bits per heavy atom. The largest absolute Gasteiger partial charge is 0.326 e. The van der Waals surface area contributed by atoms with Crippen molar-refractivity contribution >= 4 is 27.5 Å². The van der Waals surface area contributed by atoms with Crippen molar-refractivity contribution in [2.45, 2.75) is 12.8 Å². The fourth-order valence-electron chi connectivity index (χ4n) is 2.16. The van der Waals surface area contributed by atoms with Crippen LogP contribution in [0.1, 0.15) is 12.8 Å². The van der Waals surface area contributed by atoms with Crippen molar-refractivity contribution < 1.29 is 4.79 Å². The summed E-state index contributed by atoms with van der Waals surface area (Å²) in [7, 11) is 2.07. The van der Waals surface area contributed by atoms with Crippen molar-refractivity contribution in [2.24, 2.45) is 5.92 Å². The number of likely N-dealkylation sites (tertiary alicyclic amines) is 1. The molecule has 1 aliphatic rings. The second-order valence-corrected chi connectivity index (χ2v) is 5.51. The van der Waals surface area contributed by atoms with Crippen LogP contribution < -0.4 is 5.32 Å². The van der Waals surface area contributed by atoms with Crippen molar-refractivity contribution in [2.75, 3.05) is 25.5 Å². The molecule has 4 heteroatoms. The molecule has 0 aliphatic carbocycles. The molecule has 1 amide bonds. The van der Waals surface area contributed by atoms with Gasteiger partial charge in [0, 0.05) is 16.7 Å². The predicted octanol–water partition coefficient (Wildman–Crippen LogP) is 2.73. The molecule has 0 aromatic heterocycles. The molecule has 1 fully saturated rings. The summed E-state index contributed by atoms with van der Waals surface area (Å²) in [6, 6.07) is 7.69. The topological polar surface area (TPSA) is 32.3 Å². The summed E-state index contributed by atoms with van der Waals surface area (Å²) in [5.74, 6) is 0.260. The molecule has 1 aliphatic heterocycles. The second-order valence-electron chi connectivity index (χ2n) is 4.60. The van der Waals surface area contributed by atoms with Crippen LogP contribution in [0, 0.1) is 5.92 Å². The summed E-state index contributed by atoms with van der Waals surface area (Å²) in [4.78, 5) is 14.3. The summed E-state index contributed by atoms with van der Waals surface area (Å²) in [5.41, 5.74) is 0.867. The van der Waals surface area contributed by atoms with E-state index in [0.717, 1.165) is 36.1 Å². The molecule has 1 aromatic rings. The highest BCUT2D eigenvalue weighted by molar-refractivity contribution is 9.10. The normalized spacial score (nSPS) is 21.2. The Balaban J connectivity index is 1.94. The van der Waals surface area contributed by atoms with Gasteiger partial charge in [0.25, 0.3) is 0 Å². The van der Waals surface area contributed by atoms with Crippen LogP contribution in [-0.2, 0) is 4.79 Å². The molecule has 1 aromatic carbocycles. The number of amides is 1. The minimum atomic E-state index is 0.123. The highest BCUT2D eigenvalue weighted by Gasteiger charge is 2.23. The van der Waals surface area contributed by atoms with E-state index >= 15 is 0 Å². The molecule has 1 heterocycles. The number of hydrogen-bond donors (Lipinski definition) is 1. The standard InChI is InChI=1S/C13H17BrN2O/c1-16-8-2-3-10(9-16)13(17)15-12-6-4-11(14)5-7-12/h4-7,10H,2-3,8-9H2,1H3,(H,15,17)/t10-/m0/s1. The number of nitrogens with zero attached hydrogens (tertiary/aromatic N) is 1. The Hall–Kier alpha value is -0.870. The number of piperidine rings is 1. The van der Waals surface area contributed by atoms with Crippen LogP contribution in [0.5, 0.6) is 0 Å². The smallest absolute Gasteiger partial charge is 0.228 e. The van der Waals surface area contributed by atoms with Gasteiger partial charge < -0.3 is 10.2 Å². The van der Waals surface area contributed by atoms with Crippen molar-refractivity contribution in [1.29, 1.82) is 0 Å². The van der Waals surface area contributed by atoms with Gasteiger partial charge in [-0.2, -0.15) is 0 Å². The molecule has 1 saturated heterocycles. The lowest BCUT2D eigenvalue weighted by Gasteiger charge is -2.28. The monoisotopic (exact) mass is 296 g/mol. The van der Waals surface area contributed by atoms with Gasteiger partial charge in [-0.1, -0.05) is 15.9 Å². The second kappa shape index (κ2) is 5.65. The van der Waals surface area contributed by atoms with E-state index in [-0.39, 0.29) is 11.8 Å². The lowest BCUT2D eigenvalue weighted by atomic mass is 9.97. The zero-order valence-corrected chi connectivity index (χ0v) is 11.5. The molecule has 0 unspecified atom stereocenters. The van der Waals surface area contributed by atoms with E-state index < -0.39 is 0 Å². The maximum absolute atomic E-state index is 12.0. The van der Waals surface area contributed by atoms with Gasteiger partial charge >= 0.3 is 0 Å². The van der Waals surface area contributed by atoms with E-state index in [1.54, 1.807) is 0 Å². The van der Waals surface area contributed by atoms with Gasteiger partial charge in [-0.05, 0) is 50.7 Å². The summed E-state index contributed by atoms with van der Waals surface area (Å²) < 4.78 is 1.02. The first-order chi connectivity index (χ1) is 8.15. The SMILES string of the molecule is CN1CCC[C@H](C(=O)Nc2ccc(Br)cc2)C1. The maximum atomic E-state index is 12.0. The number of benzene rings is 1. The third-order valence-electron chi connectivity index (χ3n) is 3.11. The fourth-order valence-corrected chi connectivity index (χ4v) is 2.42. The Morgan fingerprint density at radius 1 is 1.41 bits per heavy atom. The van der Waals surface area contributed by atoms with E-state index in [0.29, 0.717) is 0 Å². The zero-order chi connectivity index (χ0) is 12.3. The van der Waals surface area contributed by atoms with E-state index in [1.165, 1.54) is 0 Å². The molecule has 1 atom stereocenters. The average Bonchev–Trinajstić information content (AvgIpc) is 2.32. The van der Waals surface area contributed by atoms with Crippen molar-refractivity contribution in [3.8, 4) is 0 Å². The first-order valence-electron chi connectivity index (χ1n) is 5.90. The molecule has 2 rings (SSSR count). The van der Waals surface area contributed by atoms with E-state index in [9.17, 15) is 4.79 Å². The van der Waals surface area contributed by atoms with Crippen molar-refractivity contribution in [3.05, 3.63) is 28.7 Å². The quantitative estimate of drug-likeness (QED) is 0.910. The fraction of sp³-hybridized carbons (Fsp3) is 0.462. The Kier molecular flexibility index (Phi) is 4.18. The van der Waals surface area contributed by atoms with Gasteiger partial charge in [-0.3, -0.25) is 4.79 Å². The van der Waals surface area contributed by atoms with Crippen molar-refractivity contribution in [3.63, 3.8) is 0 Å². The lowest BCUT2D eigenvalue weighted by Crippen LogP contribution is -2.38. The molecule has 0 spiro atoms. The molecular formula is C13H17BrN2O. The number of hydrogen-bond acceptors (Lipinski definition) is 2. The summed E-state index contributed by atoms with van der Waals surface area (Å²) in [6.45, 7) is 1.96. The van der Waals surface area contributed by atoms with Gasteiger partial charge in [0.05, 0.1) is 5.92 Å². The summed E-state index contributed by atoms with van der Waals surface area (Å²) in [5, 5.41) is 2.97. The number of halogens is 1. The number of anilines is 1. The van der Waals surface area contributed by atoms with E-state index in [1.807, 2.05) is 24.3 Å². The van der Waals surface area contributed by atoms with Crippen LogP contribution >= 0.6 is 15.9 Å². The van der Waals surface area contributed by atoms with Crippen LogP contribution in [0.2, 0.25) is 0 Å². The number of carbonyl (C=O) groups is 1. The number of carbonyl (C=O) groups excluding carboxylic acids is 1. The predicted molar refractivity (Wildman–Crippen MR) is 73.0 cm³/mol. The van der Waals surface area contributed by atoms with Gasteiger partial charge in [0.2, 0.25) is 5.91 Å². The Morgan fingerprint density at radius 2 is 2.12 bits per heavy atom. The molecule has 0 bridgehead atoms. The highest BCUT2D eigenvalue weighted by atomic mass is 79.9. The van der Waals surface area contributed by atoms with Crippen LogP contribution in [0.25, 0.3) is 0 Å². The maximum Gasteiger partial charge on any atom is 0.228 e.